The normalized spacial score (nSPS) is 20.0. The highest BCUT2D eigenvalue weighted by molar-refractivity contribution is 5.96. The molecule has 1 fully saturated rings. The van der Waals surface area contributed by atoms with Crippen molar-refractivity contribution in [1.82, 2.24) is 15.3 Å². The third kappa shape index (κ3) is 4.54. The maximum atomic E-state index is 13.3. The van der Waals surface area contributed by atoms with Gasteiger partial charge in [0.25, 0.3) is 5.91 Å². The number of fused-ring (bicyclic) bond motifs is 1. The lowest BCUT2D eigenvalue weighted by molar-refractivity contribution is -0.137. The molecule has 162 valence electrons. The van der Waals surface area contributed by atoms with E-state index in [9.17, 15) is 14.0 Å². The van der Waals surface area contributed by atoms with Crippen molar-refractivity contribution in [2.24, 2.45) is 0 Å². The SMILES string of the molecule is CCOc1ccc(C2CC3C(=O)N(CC(=O)Nc4ccc(F)cc4C)C=CN3N2)cc1. The Bertz CT molecular complexity index is 1010. The van der Waals surface area contributed by atoms with Crippen molar-refractivity contribution >= 4 is 17.5 Å². The number of ether oxygens (including phenoxy) is 1. The van der Waals surface area contributed by atoms with Crippen molar-refractivity contribution in [2.75, 3.05) is 18.5 Å². The highest BCUT2D eigenvalue weighted by atomic mass is 19.1. The van der Waals surface area contributed by atoms with E-state index in [-0.39, 0.29) is 36.3 Å². The summed E-state index contributed by atoms with van der Waals surface area (Å²) >= 11 is 0. The minimum Gasteiger partial charge on any atom is -0.494 e. The molecule has 2 unspecified atom stereocenters. The van der Waals surface area contributed by atoms with Crippen LogP contribution >= 0.6 is 0 Å². The molecule has 0 aromatic heterocycles. The van der Waals surface area contributed by atoms with Crippen LogP contribution in [0.3, 0.4) is 0 Å². The van der Waals surface area contributed by atoms with Crippen LogP contribution in [0.1, 0.15) is 30.5 Å². The number of hydrogen-bond donors (Lipinski definition) is 2. The van der Waals surface area contributed by atoms with Crippen LogP contribution in [0.15, 0.2) is 54.9 Å². The molecule has 1 saturated heterocycles. The highest BCUT2D eigenvalue weighted by Gasteiger charge is 2.40. The van der Waals surface area contributed by atoms with Crippen LogP contribution in [-0.4, -0.2) is 40.9 Å². The van der Waals surface area contributed by atoms with Gasteiger partial charge < -0.3 is 20.0 Å². The summed E-state index contributed by atoms with van der Waals surface area (Å²) < 4.78 is 18.7. The Hall–Kier alpha value is -3.39. The van der Waals surface area contributed by atoms with Gasteiger partial charge in [0.1, 0.15) is 24.2 Å². The van der Waals surface area contributed by atoms with Crippen LogP contribution in [0, 0.1) is 12.7 Å². The number of carbonyl (C=O) groups is 2. The van der Waals surface area contributed by atoms with Gasteiger partial charge in [-0.3, -0.25) is 9.59 Å². The summed E-state index contributed by atoms with van der Waals surface area (Å²) in [4.78, 5) is 26.8. The predicted molar refractivity (Wildman–Crippen MR) is 114 cm³/mol. The number of rotatable bonds is 6. The summed E-state index contributed by atoms with van der Waals surface area (Å²) in [7, 11) is 0. The number of carbonyl (C=O) groups excluding carboxylic acids is 2. The lowest BCUT2D eigenvalue weighted by Gasteiger charge is -2.31. The molecule has 0 radical (unpaired) electrons. The molecule has 2 atom stereocenters. The number of hydrogen-bond acceptors (Lipinski definition) is 5. The fourth-order valence-electron chi connectivity index (χ4n) is 3.86. The number of nitrogens with zero attached hydrogens (tertiary/aromatic N) is 2. The summed E-state index contributed by atoms with van der Waals surface area (Å²) in [5.74, 6) is -0.0309. The van der Waals surface area contributed by atoms with Crippen LogP contribution < -0.4 is 15.5 Å². The van der Waals surface area contributed by atoms with Gasteiger partial charge >= 0.3 is 0 Å². The van der Waals surface area contributed by atoms with Crippen LogP contribution in [0.25, 0.3) is 0 Å². The summed E-state index contributed by atoms with van der Waals surface area (Å²) in [6.45, 7) is 4.16. The van der Waals surface area contributed by atoms with E-state index in [0.29, 0.717) is 24.3 Å². The topological polar surface area (TPSA) is 73.9 Å². The Balaban J connectivity index is 1.38. The molecule has 0 saturated carbocycles. The van der Waals surface area contributed by atoms with E-state index in [1.165, 1.54) is 23.1 Å². The van der Waals surface area contributed by atoms with E-state index in [4.69, 9.17) is 4.74 Å². The second kappa shape index (κ2) is 8.77. The van der Waals surface area contributed by atoms with Crippen LogP contribution in [0.5, 0.6) is 5.75 Å². The van der Waals surface area contributed by atoms with Crippen LogP contribution in [0.4, 0.5) is 10.1 Å². The molecule has 2 aromatic carbocycles. The van der Waals surface area contributed by atoms with Gasteiger partial charge in [0.2, 0.25) is 5.91 Å². The first-order chi connectivity index (χ1) is 14.9. The third-order valence-corrected chi connectivity index (χ3v) is 5.44. The van der Waals surface area contributed by atoms with Gasteiger partial charge in [0.05, 0.1) is 12.6 Å². The number of amides is 2. The third-order valence-electron chi connectivity index (χ3n) is 5.44. The van der Waals surface area contributed by atoms with E-state index in [0.717, 1.165) is 11.3 Å². The lowest BCUT2D eigenvalue weighted by atomic mass is 10.0. The second-order valence-corrected chi connectivity index (χ2v) is 7.61. The molecule has 0 aliphatic carbocycles. The zero-order chi connectivity index (χ0) is 22.0. The fourth-order valence-corrected chi connectivity index (χ4v) is 3.86. The predicted octanol–water partition coefficient (Wildman–Crippen LogP) is 3.10. The monoisotopic (exact) mass is 424 g/mol. The average molecular weight is 424 g/mol. The standard InChI is InChI=1S/C23H25FN4O3/c1-3-31-18-7-4-16(5-8-18)20-13-21-23(30)27(10-11-28(21)26-20)14-22(29)25-19-9-6-17(24)12-15(19)2/h4-12,20-21,26H,3,13-14H2,1-2H3,(H,25,29). The van der Waals surface area contributed by atoms with Gasteiger partial charge in [-0.15, -0.1) is 0 Å². The quantitative estimate of drug-likeness (QED) is 0.746. The van der Waals surface area contributed by atoms with E-state index in [1.54, 1.807) is 24.3 Å². The molecule has 2 N–H and O–H groups in total. The molecule has 4 rings (SSSR count). The molecular weight excluding hydrogens is 399 g/mol. The average Bonchev–Trinajstić information content (AvgIpc) is 3.18. The number of benzene rings is 2. The maximum Gasteiger partial charge on any atom is 0.251 e. The Morgan fingerprint density at radius 1 is 1.23 bits per heavy atom. The Labute approximate surface area is 180 Å². The Morgan fingerprint density at radius 3 is 2.71 bits per heavy atom. The van der Waals surface area contributed by atoms with Crippen molar-refractivity contribution in [3.8, 4) is 5.75 Å². The summed E-state index contributed by atoms with van der Waals surface area (Å²) in [5.41, 5.74) is 5.56. The second-order valence-electron chi connectivity index (χ2n) is 7.61. The molecule has 7 nitrogen and oxygen atoms in total. The van der Waals surface area contributed by atoms with E-state index in [2.05, 4.69) is 10.7 Å². The number of anilines is 1. The number of aryl methyl sites for hydroxylation is 1. The van der Waals surface area contributed by atoms with Gasteiger partial charge in [-0.25, -0.2) is 9.82 Å². The van der Waals surface area contributed by atoms with Crippen molar-refractivity contribution in [3.05, 3.63) is 71.8 Å². The first-order valence-corrected chi connectivity index (χ1v) is 10.3. The Kier molecular flexibility index (Phi) is 5.90. The Morgan fingerprint density at radius 2 is 2.00 bits per heavy atom. The van der Waals surface area contributed by atoms with E-state index >= 15 is 0 Å². The number of nitrogens with one attached hydrogen (secondary N) is 2. The lowest BCUT2D eigenvalue weighted by Crippen LogP contribution is -2.49. The maximum absolute atomic E-state index is 13.3. The van der Waals surface area contributed by atoms with Gasteiger partial charge in [-0.1, -0.05) is 12.1 Å². The zero-order valence-corrected chi connectivity index (χ0v) is 17.5. The molecule has 0 spiro atoms. The van der Waals surface area contributed by atoms with Crippen LogP contribution in [-0.2, 0) is 9.59 Å². The fraction of sp³-hybridized carbons (Fsp3) is 0.304. The first kappa shape index (κ1) is 20.9. The van der Waals surface area contributed by atoms with Crippen molar-refractivity contribution in [1.29, 1.82) is 0 Å². The van der Waals surface area contributed by atoms with E-state index in [1.807, 2.05) is 31.2 Å². The first-order valence-electron chi connectivity index (χ1n) is 10.3. The van der Waals surface area contributed by atoms with E-state index < -0.39 is 0 Å². The van der Waals surface area contributed by atoms with Crippen LogP contribution in [0.2, 0.25) is 0 Å². The minimum absolute atomic E-state index is 0.00934. The van der Waals surface area contributed by atoms with Gasteiger partial charge in [0, 0.05) is 18.1 Å². The van der Waals surface area contributed by atoms with Gasteiger partial charge in [0.15, 0.2) is 0 Å². The number of halogens is 1. The van der Waals surface area contributed by atoms with Crippen molar-refractivity contribution < 1.29 is 18.7 Å². The largest absolute Gasteiger partial charge is 0.494 e. The molecule has 31 heavy (non-hydrogen) atoms. The molecule has 2 aliphatic heterocycles. The smallest absolute Gasteiger partial charge is 0.251 e. The summed E-state index contributed by atoms with van der Waals surface area (Å²) in [6.07, 6.45) is 3.97. The highest BCUT2D eigenvalue weighted by Crippen LogP contribution is 2.31. The minimum atomic E-state index is -0.387. The van der Waals surface area contributed by atoms with Gasteiger partial charge in [-0.05, 0) is 61.7 Å². The van der Waals surface area contributed by atoms with Crippen molar-refractivity contribution in [3.63, 3.8) is 0 Å². The molecule has 2 aliphatic rings. The molecule has 2 amide bonds. The summed E-state index contributed by atoms with van der Waals surface area (Å²) in [6, 6.07) is 11.6. The summed E-state index contributed by atoms with van der Waals surface area (Å²) in [5, 5.41) is 4.53. The van der Waals surface area contributed by atoms with Crippen molar-refractivity contribution in [2.45, 2.75) is 32.4 Å². The molecule has 8 heteroatoms. The van der Waals surface area contributed by atoms with Gasteiger partial charge in [-0.2, -0.15) is 0 Å². The molecule has 2 heterocycles. The molecule has 0 bridgehead atoms. The molecule has 2 aromatic rings. The molecular formula is C23H25FN4O3. The number of hydrazine groups is 1. The zero-order valence-electron chi connectivity index (χ0n) is 17.5.